The van der Waals surface area contributed by atoms with Gasteiger partial charge in [-0.3, -0.25) is 9.78 Å². The van der Waals surface area contributed by atoms with E-state index in [4.69, 9.17) is 0 Å². The number of aromatic nitrogens is 1. The van der Waals surface area contributed by atoms with E-state index in [1.165, 1.54) is 44.3 Å². The molecule has 4 heteroatoms. The monoisotopic (exact) mass is 289 g/mol. The summed E-state index contributed by atoms with van der Waals surface area (Å²) in [6.45, 7) is 4.21. The van der Waals surface area contributed by atoms with Crippen LogP contribution in [0.3, 0.4) is 0 Å². The van der Waals surface area contributed by atoms with Gasteiger partial charge < -0.3 is 10.2 Å². The molecule has 0 aliphatic carbocycles. The molecule has 1 amide bonds. The van der Waals surface area contributed by atoms with Gasteiger partial charge in [0.05, 0.1) is 0 Å². The Bertz CT molecular complexity index is 400. The Balaban J connectivity index is 1.53. The van der Waals surface area contributed by atoms with Crippen molar-refractivity contribution in [3.8, 4) is 0 Å². The molecule has 0 unspecified atom stereocenters. The first-order valence-electron chi connectivity index (χ1n) is 8.22. The first-order chi connectivity index (χ1) is 10.3. The number of likely N-dealkylation sites (tertiary alicyclic amines) is 1. The summed E-state index contributed by atoms with van der Waals surface area (Å²) in [7, 11) is 0. The van der Waals surface area contributed by atoms with Crippen LogP contribution >= 0.6 is 0 Å². The molecule has 116 valence electrons. The van der Waals surface area contributed by atoms with E-state index in [0.29, 0.717) is 13.0 Å². The van der Waals surface area contributed by atoms with E-state index in [1.807, 2.05) is 12.1 Å². The van der Waals surface area contributed by atoms with Gasteiger partial charge in [-0.2, -0.15) is 0 Å². The van der Waals surface area contributed by atoms with E-state index in [2.05, 4.69) is 15.2 Å². The van der Waals surface area contributed by atoms with E-state index >= 15 is 0 Å². The summed E-state index contributed by atoms with van der Waals surface area (Å²) in [5.41, 5.74) is 1.22. The van der Waals surface area contributed by atoms with Crippen molar-refractivity contribution < 1.29 is 4.79 Å². The molecule has 2 heterocycles. The fourth-order valence-corrected chi connectivity index (χ4v) is 2.81. The second-order valence-corrected chi connectivity index (χ2v) is 5.81. The van der Waals surface area contributed by atoms with Crippen LogP contribution in [0.1, 0.15) is 44.1 Å². The van der Waals surface area contributed by atoms with Crippen molar-refractivity contribution in [2.45, 2.75) is 44.9 Å². The third kappa shape index (κ3) is 6.71. The van der Waals surface area contributed by atoms with Crippen molar-refractivity contribution in [1.29, 1.82) is 0 Å². The molecular weight excluding hydrogens is 262 g/mol. The maximum absolute atomic E-state index is 11.8. The third-order valence-corrected chi connectivity index (χ3v) is 4.06. The Morgan fingerprint density at radius 3 is 2.57 bits per heavy atom. The Labute approximate surface area is 127 Å². The Morgan fingerprint density at radius 2 is 1.86 bits per heavy atom. The Morgan fingerprint density at radius 1 is 1.14 bits per heavy atom. The zero-order valence-electron chi connectivity index (χ0n) is 12.9. The minimum Gasteiger partial charge on any atom is -0.356 e. The van der Waals surface area contributed by atoms with Gasteiger partial charge in [0.25, 0.3) is 0 Å². The Hall–Kier alpha value is -1.42. The van der Waals surface area contributed by atoms with Crippen molar-refractivity contribution in [2.75, 3.05) is 26.2 Å². The first kappa shape index (κ1) is 16.0. The zero-order valence-corrected chi connectivity index (χ0v) is 12.9. The lowest BCUT2D eigenvalue weighted by molar-refractivity contribution is -0.121. The second kappa shape index (κ2) is 9.50. The highest BCUT2D eigenvalue weighted by Gasteiger charge is 2.09. The largest absolute Gasteiger partial charge is 0.356 e. The van der Waals surface area contributed by atoms with Gasteiger partial charge >= 0.3 is 0 Å². The van der Waals surface area contributed by atoms with Crippen LogP contribution in [0.25, 0.3) is 0 Å². The van der Waals surface area contributed by atoms with Gasteiger partial charge in [-0.25, -0.2) is 0 Å². The quantitative estimate of drug-likeness (QED) is 0.838. The van der Waals surface area contributed by atoms with Gasteiger partial charge in [0.15, 0.2) is 0 Å². The summed E-state index contributed by atoms with van der Waals surface area (Å²) in [6, 6.07) is 3.98. The standard InChI is InChI=1S/C17H27N3O/c21-17(19-12-9-16-7-10-18-11-8-16)6-5-15-20-13-3-1-2-4-14-20/h7-8,10-11H,1-6,9,12-15H2,(H,19,21). The first-order valence-corrected chi connectivity index (χ1v) is 8.22. The fourth-order valence-electron chi connectivity index (χ4n) is 2.81. The van der Waals surface area contributed by atoms with Crippen molar-refractivity contribution in [3.63, 3.8) is 0 Å². The smallest absolute Gasteiger partial charge is 0.220 e. The minimum atomic E-state index is 0.180. The molecule has 1 N–H and O–H groups in total. The maximum atomic E-state index is 11.8. The molecule has 0 radical (unpaired) electrons. The molecule has 1 saturated heterocycles. The molecule has 0 atom stereocenters. The highest BCUT2D eigenvalue weighted by Crippen LogP contribution is 2.10. The normalized spacial score (nSPS) is 16.4. The number of amides is 1. The van der Waals surface area contributed by atoms with Crippen molar-refractivity contribution in [2.24, 2.45) is 0 Å². The van der Waals surface area contributed by atoms with Gasteiger partial charge in [-0.15, -0.1) is 0 Å². The molecule has 0 aromatic carbocycles. The lowest BCUT2D eigenvalue weighted by atomic mass is 10.2. The molecule has 4 nitrogen and oxygen atoms in total. The summed E-state index contributed by atoms with van der Waals surface area (Å²) >= 11 is 0. The average molecular weight is 289 g/mol. The molecule has 21 heavy (non-hydrogen) atoms. The van der Waals surface area contributed by atoms with Crippen LogP contribution in [0, 0.1) is 0 Å². The summed E-state index contributed by atoms with van der Waals surface area (Å²) in [5, 5.41) is 3.00. The molecule has 0 bridgehead atoms. The van der Waals surface area contributed by atoms with E-state index in [-0.39, 0.29) is 5.91 Å². The average Bonchev–Trinajstić information content (AvgIpc) is 2.77. The third-order valence-electron chi connectivity index (χ3n) is 4.06. The highest BCUT2D eigenvalue weighted by atomic mass is 16.1. The molecule has 0 saturated carbocycles. The van der Waals surface area contributed by atoms with Crippen LogP contribution in [0.15, 0.2) is 24.5 Å². The van der Waals surface area contributed by atoms with Gasteiger partial charge in [0, 0.05) is 25.4 Å². The molecule has 2 rings (SSSR count). The van der Waals surface area contributed by atoms with Crippen LogP contribution < -0.4 is 5.32 Å². The van der Waals surface area contributed by atoms with Crippen molar-refractivity contribution >= 4 is 5.91 Å². The summed E-state index contributed by atoms with van der Waals surface area (Å²) < 4.78 is 0. The van der Waals surface area contributed by atoms with Gasteiger partial charge in [-0.1, -0.05) is 12.8 Å². The highest BCUT2D eigenvalue weighted by molar-refractivity contribution is 5.75. The van der Waals surface area contributed by atoms with Crippen molar-refractivity contribution in [1.82, 2.24) is 15.2 Å². The number of rotatable bonds is 7. The number of carbonyl (C=O) groups is 1. The van der Waals surface area contributed by atoms with E-state index in [1.54, 1.807) is 12.4 Å². The lowest BCUT2D eigenvalue weighted by Crippen LogP contribution is -2.29. The zero-order chi connectivity index (χ0) is 14.8. The van der Waals surface area contributed by atoms with Gasteiger partial charge in [-0.05, 0) is 63.0 Å². The SMILES string of the molecule is O=C(CCCN1CCCCCC1)NCCc1ccncc1. The van der Waals surface area contributed by atoms with Crippen LogP contribution in [0.5, 0.6) is 0 Å². The molecule has 1 aromatic heterocycles. The summed E-state index contributed by atoms with van der Waals surface area (Å²) in [4.78, 5) is 18.3. The number of hydrogen-bond acceptors (Lipinski definition) is 3. The predicted octanol–water partition coefficient (Wildman–Crippen LogP) is 2.40. The fraction of sp³-hybridized carbons (Fsp3) is 0.647. The van der Waals surface area contributed by atoms with Crippen LogP contribution in [0.2, 0.25) is 0 Å². The number of nitrogens with one attached hydrogen (secondary N) is 1. The second-order valence-electron chi connectivity index (χ2n) is 5.81. The number of carbonyl (C=O) groups excluding carboxylic acids is 1. The predicted molar refractivity (Wildman–Crippen MR) is 85.1 cm³/mol. The molecule has 1 aliphatic heterocycles. The van der Waals surface area contributed by atoms with Gasteiger partial charge in [0.2, 0.25) is 5.91 Å². The molecule has 1 aliphatic rings. The molecule has 1 fully saturated rings. The van der Waals surface area contributed by atoms with E-state index < -0.39 is 0 Å². The molecular formula is C17H27N3O. The van der Waals surface area contributed by atoms with Crippen LogP contribution in [-0.2, 0) is 11.2 Å². The number of pyridine rings is 1. The van der Waals surface area contributed by atoms with Crippen molar-refractivity contribution in [3.05, 3.63) is 30.1 Å². The Kier molecular flexibility index (Phi) is 7.22. The topological polar surface area (TPSA) is 45.2 Å². The number of hydrogen-bond donors (Lipinski definition) is 1. The number of nitrogens with zero attached hydrogens (tertiary/aromatic N) is 2. The van der Waals surface area contributed by atoms with E-state index in [9.17, 15) is 4.79 Å². The maximum Gasteiger partial charge on any atom is 0.220 e. The molecule has 1 aromatic rings. The van der Waals surface area contributed by atoms with Crippen LogP contribution in [-0.4, -0.2) is 42.0 Å². The van der Waals surface area contributed by atoms with E-state index in [0.717, 1.165) is 19.4 Å². The van der Waals surface area contributed by atoms with Crippen LogP contribution in [0.4, 0.5) is 0 Å². The minimum absolute atomic E-state index is 0.180. The molecule has 0 spiro atoms. The lowest BCUT2D eigenvalue weighted by Gasteiger charge is -2.19. The summed E-state index contributed by atoms with van der Waals surface area (Å²) in [5.74, 6) is 0.180. The summed E-state index contributed by atoms with van der Waals surface area (Å²) in [6.07, 6.45) is 11.4. The van der Waals surface area contributed by atoms with Gasteiger partial charge in [0.1, 0.15) is 0 Å².